The third kappa shape index (κ3) is 1.89. The lowest BCUT2D eigenvalue weighted by Crippen LogP contribution is -2.03. The number of phenols is 1. The monoisotopic (exact) mass is 276 g/mol. The van der Waals surface area contributed by atoms with Crippen LogP contribution in [0, 0.1) is 0 Å². The molecule has 0 unspecified atom stereocenters. The molecule has 0 amide bonds. The number of rotatable bonds is 1. The number of fused-ring (bicyclic) bond motifs is 2. The van der Waals surface area contributed by atoms with Gasteiger partial charge in [0, 0.05) is 23.5 Å². The van der Waals surface area contributed by atoms with E-state index in [0.29, 0.717) is 11.4 Å². The van der Waals surface area contributed by atoms with Gasteiger partial charge in [-0.15, -0.1) is 0 Å². The van der Waals surface area contributed by atoms with Gasteiger partial charge < -0.3 is 15.2 Å². The van der Waals surface area contributed by atoms with E-state index in [2.05, 4.69) is 10.3 Å². The van der Waals surface area contributed by atoms with E-state index in [1.54, 1.807) is 12.4 Å². The Morgan fingerprint density at radius 1 is 0.952 bits per heavy atom. The number of hydrogen-bond donors (Lipinski definition) is 2. The smallest absolute Gasteiger partial charge is 0.154 e. The van der Waals surface area contributed by atoms with Crippen LogP contribution in [0.15, 0.2) is 60.9 Å². The molecule has 0 aliphatic carbocycles. The minimum Gasteiger partial charge on any atom is -0.505 e. The maximum Gasteiger partial charge on any atom is 0.154 e. The molecule has 4 heteroatoms. The number of pyridine rings is 1. The van der Waals surface area contributed by atoms with Crippen molar-refractivity contribution in [3.63, 3.8) is 0 Å². The molecule has 0 bridgehead atoms. The zero-order chi connectivity index (χ0) is 14.2. The Hall–Kier alpha value is -3.01. The van der Waals surface area contributed by atoms with Crippen molar-refractivity contribution in [2.45, 2.75) is 0 Å². The Balaban J connectivity index is 1.84. The average Bonchev–Trinajstić information content (AvgIpc) is 2.55. The number of nitrogens with one attached hydrogen (secondary N) is 1. The highest BCUT2D eigenvalue weighted by Crippen LogP contribution is 2.49. The number of aromatic nitrogens is 1. The van der Waals surface area contributed by atoms with Crippen LogP contribution >= 0.6 is 0 Å². The normalized spacial score (nSPS) is 11.8. The molecule has 2 aromatic carbocycles. The second-order valence-corrected chi connectivity index (χ2v) is 4.80. The number of nitrogens with zero attached hydrogens (tertiary/aromatic N) is 1. The first-order chi connectivity index (χ1) is 10.3. The number of aromatic hydroxyl groups is 1. The predicted molar refractivity (Wildman–Crippen MR) is 81.1 cm³/mol. The Bertz CT molecular complexity index is 816. The van der Waals surface area contributed by atoms with E-state index >= 15 is 0 Å². The van der Waals surface area contributed by atoms with Crippen LogP contribution in [0.5, 0.6) is 17.2 Å². The van der Waals surface area contributed by atoms with Gasteiger partial charge in [-0.05, 0) is 30.3 Å². The van der Waals surface area contributed by atoms with Crippen molar-refractivity contribution < 1.29 is 9.84 Å². The van der Waals surface area contributed by atoms with Crippen molar-refractivity contribution in [3.05, 3.63) is 60.9 Å². The second kappa shape index (κ2) is 4.52. The van der Waals surface area contributed by atoms with Gasteiger partial charge in [-0.3, -0.25) is 4.98 Å². The van der Waals surface area contributed by atoms with Gasteiger partial charge in [-0.2, -0.15) is 0 Å². The van der Waals surface area contributed by atoms with Crippen molar-refractivity contribution in [2.75, 3.05) is 5.32 Å². The van der Waals surface area contributed by atoms with Gasteiger partial charge in [0.05, 0.1) is 5.69 Å². The van der Waals surface area contributed by atoms with Crippen LogP contribution in [0.4, 0.5) is 11.4 Å². The van der Waals surface area contributed by atoms with Crippen molar-refractivity contribution in [1.29, 1.82) is 0 Å². The first-order valence-electron chi connectivity index (χ1n) is 6.63. The van der Waals surface area contributed by atoms with E-state index < -0.39 is 0 Å². The predicted octanol–water partition coefficient (Wildman–Crippen LogP) is 4.30. The minimum absolute atomic E-state index is 0.162. The summed E-state index contributed by atoms with van der Waals surface area (Å²) in [5, 5.41) is 13.8. The topological polar surface area (TPSA) is 54.4 Å². The Morgan fingerprint density at radius 2 is 1.86 bits per heavy atom. The van der Waals surface area contributed by atoms with Crippen molar-refractivity contribution in [2.24, 2.45) is 0 Å². The van der Waals surface area contributed by atoms with Crippen LogP contribution in [0.3, 0.4) is 0 Å². The van der Waals surface area contributed by atoms with E-state index in [1.165, 1.54) is 0 Å². The maximum absolute atomic E-state index is 10.5. The van der Waals surface area contributed by atoms with E-state index in [0.717, 1.165) is 22.6 Å². The zero-order valence-electron chi connectivity index (χ0n) is 11.1. The van der Waals surface area contributed by atoms with Gasteiger partial charge in [0.15, 0.2) is 17.2 Å². The van der Waals surface area contributed by atoms with Crippen LogP contribution < -0.4 is 10.1 Å². The molecule has 4 nitrogen and oxygen atoms in total. The molecule has 21 heavy (non-hydrogen) atoms. The third-order valence-electron chi connectivity index (χ3n) is 3.48. The molecule has 0 fully saturated rings. The standard InChI is InChI=1S/C17H12N2O2/c20-17-12(11-4-3-9-18-10-11)7-8-15-16(17)19-13-5-1-2-6-14(13)21-15/h1-10,19-20H. The lowest BCUT2D eigenvalue weighted by Gasteiger charge is -2.23. The minimum atomic E-state index is 0.162. The Kier molecular flexibility index (Phi) is 2.54. The van der Waals surface area contributed by atoms with Gasteiger partial charge in [0.25, 0.3) is 0 Å². The van der Waals surface area contributed by atoms with Crippen molar-refractivity contribution in [1.82, 2.24) is 4.98 Å². The fraction of sp³-hybridized carbons (Fsp3) is 0. The van der Waals surface area contributed by atoms with Gasteiger partial charge in [-0.1, -0.05) is 18.2 Å². The van der Waals surface area contributed by atoms with Gasteiger partial charge in [0.2, 0.25) is 0 Å². The molecule has 1 aliphatic rings. The maximum atomic E-state index is 10.5. The van der Waals surface area contributed by atoms with E-state index in [-0.39, 0.29) is 5.75 Å². The number of hydrogen-bond acceptors (Lipinski definition) is 4. The fourth-order valence-electron chi connectivity index (χ4n) is 2.45. The lowest BCUT2D eigenvalue weighted by atomic mass is 10.0. The molecular formula is C17H12N2O2. The summed E-state index contributed by atoms with van der Waals surface area (Å²) in [5.74, 6) is 1.52. The molecule has 0 saturated heterocycles. The summed E-state index contributed by atoms with van der Waals surface area (Å²) < 4.78 is 5.81. The molecule has 3 aromatic rings. The van der Waals surface area contributed by atoms with E-state index in [4.69, 9.17) is 4.74 Å². The number of para-hydroxylation sites is 2. The summed E-state index contributed by atoms with van der Waals surface area (Å²) in [6.45, 7) is 0. The molecule has 0 radical (unpaired) electrons. The van der Waals surface area contributed by atoms with E-state index in [9.17, 15) is 5.11 Å². The SMILES string of the molecule is Oc1c(-c2cccnc2)ccc2c1Nc1ccccc1O2. The number of phenolic OH excluding ortho intramolecular Hbond substituents is 1. The second-order valence-electron chi connectivity index (χ2n) is 4.80. The molecule has 0 spiro atoms. The van der Waals surface area contributed by atoms with Gasteiger partial charge in [-0.25, -0.2) is 0 Å². The number of anilines is 2. The number of ether oxygens (including phenoxy) is 1. The fourth-order valence-corrected chi connectivity index (χ4v) is 2.45. The third-order valence-corrected chi connectivity index (χ3v) is 3.48. The summed E-state index contributed by atoms with van der Waals surface area (Å²) in [6.07, 6.45) is 3.43. The van der Waals surface area contributed by atoms with Crippen molar-refractivity contribution in [3.8, 4) is 28.4 Å². The highest BCUT2D eigenvalue weighted by atomic mass is 16.5. The zero-order valence-corrected chi connectivity index (χ0v) is 11.1. The van der Waals surface area contributed by atoms with E-state index in [1.807, 2.05) is 48.5 Å². The van der Waals surface area contributed by atoms with Crippen LogP contribution in [0.2, 0.25) is 0 Å². The quantitative estimate of drug-likeness (QED) is 0.509. The van der Waals surface area contributed by atoms with Crippen LogP contribution in [-0.2, 0) is 0 Å². The first kappa shape index (κ1) is 11.8. The Morgan fingerprint density at radius 3 is 2.71 bits per heavy atom. The van der Waals surface area contributed by atoms with Crippen LogP contribution in [0.1, 0.15) is 0 Å². The molecule has 1 aromatic heterocycles. The average molecular weight is 276 g/mol. The molecule has 0 atom stereocenters. The molecule has 2 N–H and O–H groups in total. The summed E-state index contributed by atoms with van der Waals surface area (Å²) in [5.41, 5.74) is 2.99. The summed E-state index contributed by atoms with van der Waals surface area (Å²) in [6, 6.07) is 15.1. The van der Waals surface area contributed by atoms with Crippen molar-refractivity contribution >= 4 is 11.4 Å². The summed E-state index contributed by atoms with van der Waals surface area (Å²) in [7, 11) is 0. The molecular weight excluding hydrogens is 264 g/mol. The largest absolute Gasteiger partial charge is 0.505 e. The van der Waals surface area contributed by atoms with Gasteiger partial charge in [0.1, 0.15) is 5.69 Å². The summed E-state index contributed by atoms with van der Waals surface area (Å²) in [4.78, 5) is 4.09. The summed E-state index contributed by atoms with van der Waals surface area (Å²) >= 11 is 0. The molecule has 102 valence electrons. The Labute approximate surface area is 121 Å². The lowest BCUT2D eigenvalue weighted by molar-refractivity contribution is 0.456. The molecule has 4 rings (SSSR count). The number of benzene rings is 2. The highest BCUT2D eigenvalue weighted by molar-refractivity contribution is 5.86. The molecule has 0 saturated carbocycles. The molecule has 1 aliphatic heterocycles. The van der Waals surface area contributed by atoms with Crippen LogP contribution in [-0.4, -0.2) is 10.1 Å². The van der Waals surface area contributed by atoms with Crippen LogP contribution in [0.25, 0.3) is 11.1 Å². The van der Waals surface area contributed by atoms with Gasteiger partial charge >= 0.3 is 0 Å². The molecule has 2 heterocycles. The first-order valence-corrected chi connectivity index (χ1v) is 6.63. The highest BCUT2D eigenvalue weighted by Gasteiger charge is 2.21.